The third-order valence-corrected chi connectivity index (χ3v) is 4.31. The Labute approximate surface area is 143 Å². The summed E-state index contributed by atoms with van der Waals surface area (Å²) in [6.07, 6.45) is -3.92. The smallest absolute Gasteiger partial charge is 0.416 e. The molecule has 0 fully saturated rings. The number of methoxy groups -OCH3 is 1. The highest BCUT2D eigenvalue weighted by Crippen LogP contribution is 2.36. The molecular formula is C19H16F3NO2. The highest BCUT2D eigenvalue weighted by atomic mass is 19.4. The van der Waals surface area contributed by atoms with E-state index in [2.05, 4.69) is 4.99 Å². The number of carbonyl (C=O) groups is 1. The molecular weight excluding hydrogens is 331 g/mol. The predicted molar refractivity (Wildman–Crippen MR) is 87.6 cm³/mol. The minimum atomic E-state index is -4.39. The third-order valence-electron chi connectivity index (χ3n) is 4.31. The van der Waals surface area contributed by atoms with Gasteiger partial charge < -0.3 is 4.74 Å². The van der Waals surface area contributed by atoms with Crippen molar-refractivity contribution in [2.45, 2.75) is 24.6 Å². The average Bonchev–Trinajstić information content (AvgIpc) is 3.06. The molecule has 0 N–H and O–H groups in total. The summed E-state index contributed by atoms with van der Waals surface area (Å²) >= 11 is 0. The van der Waals surface area contributed by atoms with Crippen molar-refractivity contribution in [2.24, 2.45) is 4.99 Å². The second-order valence-electron chi connectivity index (χ2n) is 5.84. The summed E-state index contributed by atoms with van der Waals surface area (Å²) in [7, 11) is 1.28. The van der Waals surface area contributed by atoms with Crippen molar-refractivity contribution in [1.29, 1.82) is 0 Å². The maximum Gasteiger partial charge on any atom is 0.416 e. The van der Waals surface area contributed by atoms with E-state index in [-0.39, 0.29) is 5.92 Å². The van der Waals surface area contributed by atoms with Crippen LogP contribution in [0.3, 0.4) is 0 Å². The number of alkyl halides is 3. The Bertz CT molecular complexity index is 783. The molecule has 0 aliphatic carbocycles. The van der Waals surface area contributed by atoms with Crippen LogP contribution in [0.15, 0.2) is 59.6 Å². The van der Waals surface area contributed by atoms with Crippen molar-refractivity contribution in [1.82, 2.24) is 0 Å². The normalized spacial score (nSPS) is 20.2. The van der Waals surface area contributed by atoms with Crippen LogP contribution in [0.25, 0.3) is 0 Å². The van der Waals surface area contributed by atoms with E-state index in [1.54, 1.807) is 0 Å². The Morgan fingerprint density at radius 1 is 1.08 bits per heavy atom. The van der Waals surface area contributed by atoms with E-state index in [4.69, 9.17) is 4.74 Å². The molecule has 3 nitrogen and oxygen atoms in total. The summed E-state index contributed by atoms with van der Waals surface area (Å²) in [4.78, 5) is 16.6. The van der Waals surface area contributed by atoms with Crippen molar-refractivity contribution < 1.29 is 22.7 Å². The first-order chi connectivity index (χ1) is 11.9. The highest BCUT2D eigenvalue weighted by molar-refractivity contribution is 6.04. The van der Waals surface area contributed by atoms with Gasteiger partial charge in [0.1, 0.15) is 0 Å². The summed E-state index contributed by atoms with van der Waals surface area (Å²) in [6, 6.07) is 13.5. The molecule has 2 atom stereocenters. The van der Waals surface area contributed by atoms with Gasteiger partial charge in [-0.25, -0.2) is 4.79 Å². The quantitative estimate of drug-likeness (QED) is 0.780. The zero-order chi connectivity index (χ0) is 18.0. The Kier molecular flexibility index (Phi) is 4.61. The lowest BCUT2D eigenvalue weighted by atomic mass is 9.88. The Balaban J connectivity index is 1.91. The lowest BCUT2D eigenvalue weighted by Crippen LogP contribution is -2.24. The van der Waals surface area contributed by atoms with Crippen LogP contribution in [0.2, 0.25) is 0 Å². The van der Waals surface area contributed by atoms with Gasteiger partial charge in [0.25, 0.3) is 0 Å². The standard InChI is InChI=1S/C19H16F3NO2/c1-25-18(24)17-15(11-16(23-17)13-5-3-2-4-6-13)12-7-9-14(10-8-12)19(20,21)22/h2-10,15,17H,11H2,1H3/t15-,17-/m1/s1. The van der Waals surface area contributed by atoms with Gasteiger partial charge in [-0.2, -0.15) is 13.2 Å². The van der Waals surface area contributed by atoms with Gasteiger partial charge in [-0.15, -0.1) is 0 Å². The number of esters is 1. The molecule has 3 rings (SSSR count). The number of hydrogen-bond donors (Lipinski definition) is 0. The number of rotatable bonds is 3. The number of nitrogens with zero attached hydrogens (tertiary/aromatic N) is 1. The van der Waals surface area contributed by atoms with Crippen LogP contribution in [-0.4, -0.2) is 24.8 Å². The van der Waals surface area contributed by atoms with Gasteiger partial charge in [-0.3, -0.25) is 4.99 Å². The fourth-order valence-corrected chi connectivity index (χ4v) is 3.01. The molecule has 0 saturated heterocycles. The maximum atomic E-state index is 12.7. The van der Waals surface area contributed by atoms with Crippen LogP contribution in [-0.2, 0) is 15.7 Å². The lowest BCUT2D eigenvalue weighted by molar-refractivity contribution is -0.142. The van der Waals surface area contributed by atoms with E-state index in [0.29, 0.717) is 12.0 Å². The topological polar surface area (TPSA) is 38.7 Å². The fourth-order valence-electron chi connectivity index (χ4n) is 3.01. The molecule has 0 radical (unpaired) electrons. The first-order valence-corrected chi connectivity index (χ1v) is 7.77. The van der Waals surface area contributed by atoms with Crippen molar-refractivity contribution in [3.05, 3.63) is 71.3 Å². The molecule has 130 valence electrons. The minimum Gasteiger partial charge on any atom is -0.467 e. The Hall–Kier alpha value is -2.63. The molecule has 2 aromatic carbocycles. The molecule has 2 aromatic rings. The van der Waals surface area contributed by atoms with Gasteiger partial charge >= 0.3 is 12.1 Å². The van der Waals surface area contributed by atoms with Gasteiger partial charge in [0.2, 0.25) is 0 Å². The molecule has 0 unspecified atom stereocenters. The maximum absolute atomic E-state index is 12.7. The highest BCUT2D eigenvalue weighted by Gasteiger charge is 2.37. The first kappa shape index (κ1) is 17.2. The van der Waals surface area contributed by atoms with Crippen LogP contribution in [0.1, 0.15) is 29.0 Å². The summed E-state index contributed by atoms with van der Waals surface area (Å²) < 4.78 is 43.1. The number of benzene rings is 2. The number of aliphatic imine (C=N–C) groups is 1. The molecule has 0 spiro atoms. The van der Waals surface area contributed by atoms with E-state index in [0.717, 1.165) is 23.4 Å². The van der Waals surface area contributed by atoms with E-state index in [1.165, 1.54) is 19.2 Å². The fraction of sp³-hybridized carbons (Fsp3) is 0.263. The third kappa shape index (κ3) is 3.57. The Morgan fingerprint density at radius 2 is 1.72 bits per heavy atom. The van der Waals surface area contributed by atoms with Gasteiger partial charge in [0.15, 0.2) is 6.04 Å². The molecule has 1 aliphatic rings. The zero-order valence-corrected chi connectivity index (χ0v) is 13.5. The molecule has 1 heterocycles. The largest absolute Gasteiger partial charge is 0.467 e. The monoisotopic (exact) mass is 347 g/mol. The number of hydrogen-bond acceptors (Lipinski definition) is 3. The lowest BCUT2D eigenvalue weighted by Gasteiger charge is -2.17. The molecule has 6 heteroatoms. The van der Waals surface area contributed by atoms with E-state index in [1.807, 2.05) is 30.3 Å². The second-order valence-corrected chi connectivity index (χ2v) is 5.84. The summed E-state index contributed by atoms with van der Waals surface area (Å²) in [6.45, 7) is 0. The second kappa shape index (κ2) is 6.70. The molecule has 1 aliphatic heterocycles. The molecule has 25 heavy (non-hydrogen) atoms. The summed E-state index contributed by atoms with van der Waals surface area (Å²) in [5, 5.41) is 0. The van der Waals surface area contributed by atoms with Crippen LogP contribution in [0, 0.1) is 0 Å². The van der Waals surface area contributed by atoms with Crippen LogP contribution >= 0.6 is 0 Å². The number of carbonyl (C=O) groups excluding carboxylic acids is 1. The number of ether oxygens (including phenoxy) is 1. The first-order valence-electron chi connectivity index (χ1n) is 7.77. The summed E-state index contributed by atoms with van der Waals surface area (Å²) in [5.41, 5.74) is 1.57. The van der Waals surface area contributed by atoms with E-state index >= 15 is 0 Å². The van der Waals surface area contributed by atoms with Gasteiger partial charge in [-0.05, 0) is 29.7 Å². The van der Waals surface area contributed by atoms with Gasteiger partial charge in [-0.1, -0.05) is 42.5 Å². The van der Waals surface area contributed by atoms with Gasteiger partial charge in [0.05, 0.1) is 12.7 Å². The van der Waals surface area contributed by atoms with Crippen molar-refractivity contribution in [3.63, 3.8) is 0 Å². The van der Waals surface area contributed by atoms with Crippen molar-refractivity contribution in [2.75, 3.05) is 7.11 Å². The minimum absolute atomic E-state index is 0.343. The van der Waals surface area contributed by atoms with Crippen LogP contribution < -0.4 is 0 Å². The van der Waals surface area contributed by atoms with Crippen LogP contribution in [0.5, 0.6) is 0 Å². The Morgan fingerprint density at radius 3 is 2.28 bits per heavy atom. The average molecular weight is 347 g/mol. The molecule has 0 saturated carbocycles. The SMILES string of the molecule is COC(=O)[C@@H]1N=C(c2ccccc2)C[C@@H]1c1ccc(C(F)(F)F)cc1. The molecule has 0 bridgehead atoms. The van der Waals surface area contributed by atoms with Crippen molar-refractivity contribution in [3.8, 4) is 0 Å². The van der Waals surface area contributed by atoms with Crippen molar-refractivity contribution >= 4 is 11.7 Å². The van der Waals surface area contributed by atoms with Crippen LogP contribution in [0.4, 0.5) is 13.2 Å². The summed E-state index contributed by atoms with van der Waals surface area (Å²) in [5.74, 6) is -0.833. The zero-order valence-electron chi connectivity index (χ0n) is 13.5. The van der Waals surface area contributed by atoms with Gasteiger partial charge in [0, 0.05) is 11.6 Å². The van der Waals surface area contributed by atoms with E-state index < -0.39 is 23.8 Å². The van der Waals surface area contributed by atoms with E-state index in [9.17, 15) is 18.0 Å². The molecule has 0 amide bonds. The predicted octanol–water partition coefficient (Wildman–Crippen LogP) is 4.22. The molecule has 0 aromatic heterocycles. The number of halogens is 3.